The Bertz CT molecular complexity index is 1090. The lowest BCUT2D eigenvalue weighted by Crippen LogP contribution is -2.61. The summed E-state index contributed by atoms with van der Waals surface area (Å²) in [5.74, 6) is -2.53. The zero-order valence-corrected chi connectivity index (χ0v) is 23.7. The first kappa shape index (κ1) is 35.7. The summed E-state index contributed by atoms with van der Waals surface area (Å²) in [7, 11) is -10.3. The minimum absolute atomic E-state index is 0.606. The van der Waals surface area contributed by atoms with Gasteiger partial charge in [0, 0.05) is 11.8 Å². The first-order chi connectivity index (χ1) is 19.3. The zero-order valence-electron chi connectivity index (χ0n) is 22.1. The van der Waals surface area contributed by atoms with E-state index >= 15 is 0 Å². The van der Waals surface area contributed by atoms with Crippen molar-refractivity contribution in [2.75, 3.05) is 19.8 Å². The Kier molecular flexibility index (Phi) is 12.0. The molecule has 15 atom stereocenters. The van der Waals surface area contributed by atoms with Gasteiger partial charge in [-0.15, -0.1) is 0 Å². The SMILES string of the molecule is CC1O[C@@H](OC[C@@H]2C(C)O[C@@H](OC[C@H]3C(O)C(O)OC(CO)[C@@H]3O)C(O)[C@H]2OS(=O)(=O)O)C(O)[C@@H](OS(=O)(=O)O)[C@@H]1O. The molecule has 3 aliphatic rings. The predicted octanol–water partition coefficient (Wildman–Crippen LogP) is -5.37. The van der Waals surface area contributed by atoms with Gasteiger partial charge < -0.3 is 59.4 Å². The fraction of sp³-hybridized carbons (Fsp3) is 1.00. The molecule has 0 radical (unpaired) electrons. The van der Waals surface area contributed by atoms with Crippen LogP contribution >= 0.6 is 0 Å². The van der Waals surface area contributed by atoms with Crippen LogP contribution in [-0.2, 0) is 52.8 Å². The van der Waals surface area contributed by atoms with Crippen LogP contribution in [0.3, 0.4) is 0 Å². The number of hydrogen-bond donors (Lipinski definition) is 9. The number of aliphatic hydroxyl groups excluding tert-OH is 7. The summed E-state index contributed by atoms with van der Waals surface area (Å²) in [5, 5.41) is 71.1. The minimum Gasteiger partial charge on any atom is -0.394 e. The third-order valence-corrected chi connectivity index (χ3v) is 8.12. The largest absolute Gasteiger partial charge is 0.397 e. The Morgan fingerprint density at radius 3 is 1.62 bits per heavy atom. The molecule has 9 N–H and O–H groups in total. The Morgan fingerprint density at radius 2 is 1.10 bits per heavy atom. The van der Waals surface area contributed by atoms with E-state index in [-0.39, 0.29) is 0 Å². The van der Waals surface area contributed by atoms with Crippen LogP contribution in [0.2, 0.25) is 0 Å². The summed E-state index contributed by atoms with van der Waals surface area (Å²) < 4.78 is 99.4. The van der Waals surface area contributed by atoms with Crippen LogP contribution in [0.4, 0.5) is 0 Å². The van der Waals surface area contributed by atoms with Gasteiger partial charge in [-0.1, -0.05) is 0 Å². The van der Waals surface area contributed by atoms with Crippen molar-refractivity contribution >= 4 is 20.8 Å². The molecule has 0 bridgehead atoms. The summed E-state index contributed by atoms with van der Waals surface area (Å²) in [6.07, 6.45) is -21.5. The van der Waals surface area contributed by atoms with Gasteiger partial charge in [0.05, 0.1) is 38.1 Å². The first-order valence-electron chi connectivity index (χ1n) is 12.5. The molecule has 3 heterocycles. The summed E-state index contributed by atoms with van der Waals surface area (Å²) in [5.41, 5.74) is 0. The maximum atomic E-state index is 11.6. The van der Waals surface area contributed by atoms with Gasteiger partial charge in [-0.3, -0.25) is 9.11 Å². The smallest absolute Gasteiger partial charge is 0.394 e. The highest BCUT2D eigenvalue weighted by molar-refractivity contribution is 7.81. The van der Waals surface area contributed by atoms with Gasteiger partial charge in [-0.2, -0.15) is 16.8 Å². The maximum absolute atomic E-state index is 11.6. The third-order valence-electron chi connectivity index (χ3n) is 7.19. The van der Waals surface area contributed by atoms with E-state index in [4.69, 9.17) is 28.2 Å². The average Bonchev–Trinajstić information content (AvgIpc) is 2.87. The van der Waals surface area contributed by atoms with Gasteiger partial charge in [0.1, 0.15) is 42.7 Å². The van der Waals surface area contributed by atoms with E-state index in [2.05, 4.69) is 8.37 Å². The van der Waals surface area contributed by atoms with Crippen LogP contribution in [0, 0.1) is 11.8 Å². The summed E-state index contributed by atoms with van der Waals surface area (Å²) >= 11 is 0. The number of aliphatic hydroxyl groups is 7. The highest BCUT2D eigenvalue weighted by Crippen LogP contribution is 2.34. The number of rotatable bonds is 11. The topological polar surface area (TPSA) is 315 Å². The van der Waals surface area contributed by atoms with E-state index in [0.717, 1.165) is 0 Å². The summed E-state index contributed by atoms with van der Waals surface area (Å²) in [6, 6.07) is 0. The highest BCUT2D eigenvalue weighted by Gasteiger charge is 2.51. The van der Waals surface area contributed by atoms with Crippen molar-refractivity contribution in [3.05, 3.63) is 0 Å². The van der Waals surface area contributed by atoms with Crippen molar-refractivity contribution < 1.29 is 93.7 Å². The van der Waals surface area contributed by atoms with Crippen molar-refractivity contribution in [3.63, 3.8) is 0 Å². The summed E-state index contributed by atoms with van der Waals surface area (Å²) in [6.45, 7) is 0.659. The first-order valence-corrected chi connectivity index (χ1v) is 15.3. The van der Waals surface area contributed by atoms with Crippen molar-refractivity contribution in [2.24, 2.45) is 11.8 Å². The van der Waals surface area contributed by atoms with Crippen LogP contribution < -0.4 is 0 Å². The van der Waals surface area contributed by atoms with Crippen LogP contribution in [0.5, 0.6) is 0 Å². The lowest BCUT2D eigenvalue weighted by atomic mass is 9.89. The second kappa shape index (κ2) is 14.1. The van der Waals surface area contributed by atoms with Crippen LogP contribution in [-0.4, -0.2) is 161 Å². The van der Waals surface area contributed by atoms with Gasteiger partial charge in [-0.25, -0.2) is 8.37 Å². The molecule has 3 aliphatic heterocycles. The van der Waals surface area contributed by atoms with Gasteiger partial charge in [0.2, 0.25) is 0 Å². The molecular formula is C20H36O20S2. The molecule has 22 heteroatoms. The second-order valence-electron chi connectivity index (χ2n) is 10.1. The Balaban J connectivity index is 1.73. The predicted molar refractivity (Wildman–Crippen MR) is 128 cm³/mol. The Hall–Kier alpha value is -0.740. The molecule has 0 saturated carbocycles. The third kappa shape index (κ3) is 8.70. The molecule has 20 nitrogen and oxygen atoms in total. The van der Waals surface area contributed by atoms with E-state index in [1.807, 2.05) is 0 Å². The van der Waals surface area contributed by atoms with E-state index in [1.54, 1.807) is 0 Å². The monoisotopic (exact) mass is 660 g/mol. The van der Waals surface area contributed by atoms with Crippen LogP contribution in [0.25, 0.3) is 0 Å². The van der Waals surface area contributed by atoms with Crippen LogP contribution in [0.1, 0.15) is 13.8 Å². The molecule has 3 rings (SSSR count). The van der Waals surface area contributed by atoms with E-state index < -0.39 is 132 Å². The molecule has 42 heavy (non-hydrogen) atoms. The van der Waals surface area contributed by atoms with Crippen molar-refractivity contribution in [1.29, 1.82) is 0 Å². The summed E-state index contributed by atoms with van der Waals surface area (Å²) in [4.78, 5) is 0. The Labute approximate surface area is 240 Å². The quantitative estimate of drug-likeness (QED) is 0.0934. The van der Waals surface area contributed by atoms with Gasteiger partial charge in [-0.05, 0) is 13.8 Å². The van der Waals surface area contributed by atoms with E-state index in [9.17, 15) is 57.1 Å². The molecule has 3 fully saturated rings. The average molecular weight is 661 g/mol. The van der Waals surface area contributed by atoms with Crippen molar-refractivity contribution in [3.8, 4) is 0 Å². The Morgan fingerprint density at radius 1 is 0.619 bits per heavy atom. The van der Waals surface area contributed by atoms with Crippen LogP contribution in [0.15, 0.2) is 0 Å². The standard InChI is InChI=1S/C20H36O20S2/c1-6-8(4-34-20-15(26)17(40-42(31,32)33)11(22)7(2)37-20)16(39-41(28,29)30)14(25)19(36-6)35-5-9-12(23)10(3-21)38-18(27)13(9)24/h6-27H,3-5H2,1-2H3,(H,28,29,30)(H,31,32,33)/t6?,7?,8-,9-,10?,11-,12-,13?,14?,15?,16+,17+,18?,19-,20-/m1/s1. The van der Waals surface area contributed by atoms with Gasteiger partial charge >= 0.3 is 20.8 Å². The van der Waals surface area contributed by atoms with Crippen molar-refractivity contribution in [1.82, 2.24) is 0 Å². The molecule has 0 spiro atoms. The molecule has 0 amide bonds. The van der Waals surface area contributed by atoms with Gasteiger partial charge in [0.25, 0.3) is 0 Å². The molecule has 3 saturated heterocycles. The van der Waals surface area contributed by atoms with Crippen molar-refractivity contribution in [2.45, 2.75) is 93.8 Å². The lowest BCUT2D eigenvalue weighted by molar-refractivity contribution is -0.320. The number of ether oxygens (including phenoxy) is 5. The highest BCUT2D eigenvalue weighted by atomic mass is 32.3. The van der Waals surface area contributed by atoms with Gasteiger partial charge in [0.15, 0.2) is 18.9 Å². The fourth-order valence-electron chi connectivity index (χ4n) is 4.88. The maximum Gasteiger partial charge on any atom is 0.397 e. The molecule has 7 unspecified atom stereocenters. The van der Waals surface area contributed by atoms with E-state index in [0.29, 0.717) is 0 Å². The second-order valence-corrected chi connectivity index (χ2v) is 12.2. The normalized spacial score (nSPS) is 45.5. The molecule has 0 aromatic carbocycles. The lowest BCUT2D eigenvalue weighted by Gasteiger charge is -2.45. The molecular weight excluding hydrogens is 624 g/mol. The molecule has 0 aromatic heterocycles. The zero-order chi connectivity index (χ0) is 31.7. The molecule has 0 aliphatic carbocycles. The molecule has 248 valence electrons. The molecule has 0 aromatic rings. The van der Waals surface area contributed by atoms with E-state index in [1.165, 1.54) is 13.8 Å². The fourth-order valence-corrected chi connectivity index (χ4v) is 5.93. The number of hydrogen-bond acceptors (Lipinski definition) is 18. The minimum atomic E-state index is -5.22.